The van der Waals surface area contributed by atoms with Crippen LogP contribution in [-0.2, 0) is 9.59 Å². The quantitative estimate of drug-likeness (QED) is 0.797. The van der Waals surface area contributed by atoms with Crippen LogP contribution in [0.4, 0.5) is 0 Å². The number of benzene rings is 2. The highest BCUT2D eigenvalue weighted by Crippen LogP contribution is 2.39. The molecule has 0 aliphatic heterocycles. The highest BCUT2D eigenvalue weighted by atomic mass is 16.5. The predicted molar refractivity (Wildman–Crippen MR) is 95.2 cm³/mol. The van der Waals surface area contributed by atoms with Crippen molar-refractivity contribution >= 4 is 11.9 Å². The number of rotatable bonds is 7. The van der Waals surface area contributed by atoms with Crippen molar-refractivity contribution in [1.29, 1.82) is 0 Å². The Morgan fingerprint density at radius 2 is 1.38 bits per heavy atom. The predicted octanol–water partition coefficient (Wildman–Crippen LogP) is 2.63. The van der Waals surface area contributed by atoms with E-state index >= 15 is 0 Å². The zero-order valence-corrected chi connectivity index (χ0v) is 14.6. The molecule has 3 rings (SSSR count). The first-order chi connectivity index (χ1) is 12.5. The number of carboxylic acids is 1. The molecule has 1 amide bonds. The van der Waals surface area contributed by atoms with Crippen molar-refractivity contribution in [2.45, 2.75) is 12.5 Å². The molecule has 26 heavy (non-hydrogen) atoms. The Morgan fingerprint density at radius 3 is 1.73 bits per heavy atom. The minimum Gasteiger partial charge on any atom is -0.497 e. The molecule has 0 bridgehead atoms. The van der Waals surface area contributed by atoms with E-state index in [9.17, 15) is 9.59 Å². The average molecular weight is 355 g/mol. The number of carbonyl (C=O) groups excluding carboxylic acids is 1. The van der Waals surface area contributed by atoms with Crippen molar-refractivity contribution < 1.29 is 24.2 Å². The summed E-state index contributed by atoms with van der Waals surface area (Å²) >= 11 is 0. The van der Waals surface area contributed by atoms with Gasteiger partial charge in [-0.15, -0.1) is 0 Å². The van der Waals surface area contributed by atoms with E-state index in [0.29, 0.717) is 6.42 Å². The second-order valence-corrected chi connectivity index (χ2v) is 6.27. The van der Waals surface area contributed by atoms with Crippen molar-refractivity contribution in [2.24, 2.45) is 11.8 Å². The van der Waals surface area contributed by atoms with Gasteiger partial charge in [-0.05, 0) is 41.8 Å². The lowest BCUT2D eigenvalue weighted by atomic mass is 9.98. The summed E-state index contributed by atoms with van der Waals surface area (Å²) in [5.74, 6) is -0.762. The lowest BCUT2D eigenvalue weighted by Gasteiger charge is -2.20. The number of ether oxygens (including phenoxy) is 2. The first-order valence-electron chi connectivity index (χ1n) is 8.34. The van der Waals surface area contributed by atoms with Gasteiger partial charge in [0.2, 0.25) is 5.91 Å². The molecule has 0 aromatic heterocycles. The van der Waals surface area contributed by atoms with E-state index in [1.165, 1.54) is 0 Å². The van der Waals surface area contributed by atoms with E-state index in [1.54, 1.807) is 14.2 Å². The molecule has 2 atom stereocenters. The van der Waals surface area contributed by atoms with E-state index in [4.69, 9.17) is 14.6 Å². The van der Waals surface area contributed by atoms with Gasteiger partial charge in [-0.1, -0.05) is 24.3 Å². The number of hydrogen-bond acceptors (Lipinski definition) is 4. The fourth-order valence-corrected chi connectivity index (χ4v) is 2.96. The Labute approximate surface area is 151 Å². The standard InChI is InChI=1S/C20H21NO5/c1-25-14-7-3-12(4-8-14)18(13-5-9-15(26-2)10-6-13)21-19(22)16-11-17(16)20(23)24/h3-10,16-18H,11H2,1-2H3,(H,21,22)(H,23,24)/t16-,17-/m1/s1. The van der Waals surface area contributed by atoms with Crippen LogP contribution in [0.5, 0.6) is 11.5 Å². The minimum absolute atomic E-state index is 0.242. The van der Waals surface area contributed by atoms with Crippen molar-refractivity contribution in [3.05, 3.63) is 59.7 Å². The fourth-order valence-electron chi connectivity index (χ4n) is 2.96. The van der Waals surface area contributed by atoms with Crippen molar-refractivity contribution in [3.63, 3.8) is 0 Å². The zero-order valence-electron chi connectivity index (χ0n) is 14.6. The molecule has 0 saturated heterocycles. The molecular weight excluding hydrogens is 334 g/mol. The maximum absolute atomic E-state index is 12.5. The van der Waals surface area contributed by atoms with E-state index in [2.05, 4.69) is 5.32 Å². The molecule has 1 aliphatic rings. The molecule has 1 aliphatic carbocycles. The SMILES string of the molecule is COc1ccc(C(NC(=O)[C@@H]2C[C@H]2C(=O)O)c2ccc(OC)cc2)cc1. The molecule has 136 valence electrons. The third-order valence-electron chi connectivity index (χ3n) is 4.63. The van der Waals surface area contributed by atoms with Crippen LogP contribution in [0.25, 0.3) is 0 Å². The van der Waals surface area contributed by atoms with Crippen molar-refractivity contribution in [1.82, 2.24) is 5.32 Å². The van der Waals surface area contributed by atoms with Gasteiger partial charge in [0.05, 0.1) is 32.1 Å². The van der Waals surface area contributed by atoms with Crippen LogP contribution in [0.1, 0.15) is 23.6 Å². The summed E-state index contributed by atoms with van der Waals surface area (Å²) in [4.78, 5) is 23.5. The molecule has 2 N–H and O–H groups in total. The number of hydrogen-bond donors (Lipinski definition) is 2. The second-order valence-electron chi connectivity index (χ2n) is 6.27. The van der Waals surface area contributed by atoms with Crippen LogP contribution in [0.3, 0.4) is 0 Å². The van der Waals surface area contributed by atoms with Gasteiger partial charge >= 0.3 is 5.97 Å². The molecule has 1 saturated carbocycles. The summed E-state index contributed by atoms with van der Waals surface area (Å²) in [6, 6.07) is 14.5. The lowest BCUT2D eigenvalue weighted by molar-refractivity contribution is -0.140. The van der Waals surface area contributed by atoms with Crippen LogP contribution >= 0.6 is 0 Å². The first kappa shape index (κ1) is 17.8. The molecule has 2 aromatic carbocycles. The Hall–Kier alpha value is -3.02. The summed E-state index contributed by atoms with van der Waals surface area (Å²) in [5, 5.41) is 12.0. The normalized spacial score (nSPS) is 18.3. The molecule has 0 unspecified atom stereocenters. The zero-order chi connectivity index (χ0) is 18.7. The van der Waals surface area contributed by atoms with E-state index < -0.39 is 17.8 Å². The van der Waals surface area contributed by atoms with Gasteiger partial charge in [-0.25, -0.2) is 0 Å². The largest absolute Gasteiger partial charge is 0.497 e. The Balaban J connectivity index is 1.85. The number of methoxy groups -OCH3 is 2. The maximum Gasteiger partial charge on any atom is 0.307 e. The highest BCUT2D eigenvalue weighted by molar-refractivity contribution is 5.89. The first-order valence-corrected chi connectivity index (χ1v) is 8.34. The number of nitrogens with one attached hydrogen (secondary N) is 1. The van der Waals surface area contributed by atoms with Gasteiger partial charge < -0.3 is 19.9 Å². The molecule has 1 fully saturated rings. The summed E-state index contributed by atoms with van der Waals surface area (Å²) in [6.07, 6.45) is 0.388. The van der Waals surface area contributed by atoms with Crippen LogP contribution in [0.2, 0.25) is 0 Å². The summed E-state index contributed by atoms with van der Waals surface area (Å²) < 4.78 is 10.4. The molecule has 2 aromatic rings. The molecule has 0 spiro atoms. The fraction of sp³-hybridized carbons (Fsp3) is 0.300. The van der Waals surface area contributed by atoms with Gasteiger partial charge in [-0.3, -0.25) is 9.59 Å². The van der Waals surface area contributed by atoms with Crippen molar-refractivity contribution in [2.75, 3.05) is 14.2 Å². The Bertz CT molecular complexity index is 737. The molecule has 0 radical (unpaired) electrons. The molecule has 6 nitrogen and oxygen atoms in total. The van der Waals surface area contributed by atoms with Gasteiger partial charge in [0.15, 0.2) is 0 Å². The third-order valence-corrected chi connectivity index (χ3v) is 4.63. The minimum atomic E-state index is -0.921. The Morgan fingerprint density at radius 1 is 0.923 bits per heavy atom. The number of amides is 1. The Kier molecular flexibility index (Phi) is 5.11. The third kappa shape index (κ3) is 3.79. The monoisotopic (exact) mass is 355 g/mol. The van der Waals surface area contributed by atoms with E-state index in [0.717, 1.165) is 22.6 Å². The van der Waals surface area contributed by atoms with Gasteiger partial charge in [0, 0.05) is 0 Å². The van der Waals surface area contributed by atoms with Crippen LogP contribution in [0, 0.1) is 11.8 Å². The lowest BCUT2D eigenvalue weighted by Crippen LogP contribution is -2.31. The van der Waals surface area contributed by atoms with Crippen LogP contribution < -0.4 is 14.8 Å². The maximum atomic E-state index is 12.5. The van der Waals surface area contributed by atoms with Crippen molar-refractivity contribution in [3.8, 4) is 11.5 Å². The molecular formula is C20H21NO5. The highest BCUT2D eigenvalue weighted by Gasteiger charge is 2.48. The van der Waals surface area contributed by atoms with Gasteiger partial charge in [0.25, 0.3) is 0 Å². The van der Waals surface area contributed by atoms with Crippen LogP contribution in [0.15, 0.2) is 48.5 Å². The number of aliphatic carboxylic acids is 1. The second kappa shape index (κ2) is 7.47. The topological polar surface area (TPSA) is 84.9 Å². The summed E-state index contributed by atoms with van der Waals surface area (Å²) in [7, 11) is 3.19. The molecule has 0 heterocycles. The van der Waals surface area contributed by atoms with Gasteiger partial charge in [0.1, 0.15) is 11.5 Å². The van der Waals surface area contributed by atoms with Gasteiger partial charge in [-0.2, -0.15) is 0 Å². The van der Waals surface area contributed by atoms with E-state index in [1.807, 2.05) is 48.5 Å². The molecule has 6 heteroatoms. The smallest absolute Gasteiger partial charge is 0.307 e. The number of carboxylic acid groups (broad SMARTS) is 1. The number of carbonyl (C=O) groups is 2. The average Bonchev–Trinajstić information content (AvgIpc) is 3.47. The summed E-state index contributed by atoms with van der Waals surface area (Å²) in [5.41, 5.74) is 1.77. The van der Waals surface area contributed by atoms with E-state index in [-0.39, 0.29) is 11.9 Å². The summed E-state index contributed by atoms with van der Waals surface area (Å²) in [6.45, 7) is 0. The van der Waals surface area contributed by atoms with Crippen LogP contribution in [-0.4, -0.2) is 31.2 Å².